The number of nitrogens with zero attached hydrogens (tertiary/aromatic N) is 2. The summed E-state index contributed by atoms with van der Waals surface area (Å²) in [7, 11) is 0. The molecule has 0 unspecified atom stereocenters. The lowest BCUT2D eigenvalue weighted by molar-refractivity contribution is -0.638. The van der Waals surface area contributed by atoms with Crippen LogP contribution >= 0.6 is 39.5 Å². The van der Waals surface area contributed by atoms with Gasteiger partial charge in [0.15, 0.2) is 0 Å². The topological polar surface area (TPSA) is 45.9 Å². The van der Waals surface area contributed by atoms with Crippen LogP contribution in [-0.2, 0) is 0 Å². The van der Waals surface area contributed by atoms with E-state index in [1.807, 2.05) is 24.3 Å². The zero-order valence-corrected chi connectivity index (χ0v) is 11.0. The van der Waals surface area contributed by atoms with Crippen molar-refractivity contribution in [1.29, 1.82) is 0 Å². The molecule has 0 saturated heterocycles. The number of benzene rings is 1. The fourth-order valence-corrected chi connectivity index (χ4v) is 2.46. The summed E-state index contributed by atoms with van der Waals surface area (Å²) < 4.78 is 8.79. The predicted octanol–water partition coefficient (Wildman–Crippen LogP) is 2.96. The highest BCUT2D eigenvalue weighted by atomic mass is 79.9. The zero-order chi connectivity index (χ0) is 11.1. The Kier molecular flexibility index (Phi) is 2.38. The van der Waals surface area contributed by atoms with E-state index in [0.717, 1.165) is 10.0 Å². The minimum atomic E-state index is 0.574. The Hall–Kier alpha value is -1.05. The predicted molar refractivity (Wildman–Crippen MR) is 65.9 cm³/mol. The van der Waals surface area contributed by atoms with Crippen LogP contribution in [0, 0.1) is 3.95 Å². The molecule has 0 radical (unpaired) electrons. The third kappa shape index (κ3) is 1.70. The highest BCUT2D eigenvalue weighted by Gasteiger charge is 2.18. The van der Waals surface area contributed by atoms with Crippen LogP contribution in [0.15, 0.2) is 33.2 Å². The maximum Gasteiger partial charge on any atom is 0.496 e. The van der Waals surface area contributed by atoms with Gasteiger partial charge >= 0.3 is 10.9 Å². The number of nitrogens with one attached hydrogen (secondary N) is 1. The SMILES string of the molecule is S=c1[nH][n+]2nc(-c3ccc(Br)cc3)oc2s1. The summed E-state index contributed by atoms with van der Waals surface area (Å²) in [5.74, 6) is 0.574. The number of H-pyrrole nitrogens is 1. The van der Waals surface area contributed by atoms with Gasteiger partial charge < -0.3 is 4.42 Å². The lowest BCUT2D eigenvalue weighted by atomic mass is 10.2. The summed E-state index contributed by atoms with van der Waals surface area (Å²) in [4.78, 5) is 0. The summed E-state index contributed by atoms with van der Waals surface area (Å²) in [6, 6.07) is 7.77. The van der Waals surface area contributed by atoms with Crippen LogP contribution in [0.4, 0.5) is 0 Å². The van der Waals surface area contributed by atoms with Gasteiger partial charge in [0.05, 0.1) is 9.73 Å². The van der Waals surface area contributed by atoms with Crippen LogP contribution < -0.4 is 4.63 Å². The molecule has 0 atom stereocenters. The van der Waals surface area contributed by atoms with Gasteiger partial charge in [-0.25, -0.2) is 0 Å². The van der Waals surface area contributed by atoms with Crippen LogP contribution in [0.3, 0.4) is 0 Å². The molecule has 7 heteroatoms. The standard InChI is InChI=1S/C9H4BrN3OS2/c10-6-3-1-5(2-4-6)7-11-13-9(14-7)16-8(15)12-13/h1-4H/p+1. The Morgan fingerprint density at radius 3 is 2.81 bits per heavy atom. The van der Waals surface area contributed by atoms with Crippen molar-refractivity contribution >= 4 is 44.5 Å². The number of fused-ring (bicyclic) bond motifs is 1. The summed E-state index contributed by atoms with van der Waals surface area (Å²) in [6.45, 7) is 0. The third-order valence-corrected chi connectivity index (χ3v) is 3.59. The molecule has 0 aliphatic rings. The second-order valence-corrected chi connectivity index (χ2v) is 5.64. The van der Waals surface area contributed by atoms with Crippen LogP contribution in [-0.4, -0.2) is 10.2 Å². The van der Waals surface area contributed by atoms with E-state index < -0.39 is 0 Å². The molecule has 4 nitrogen and oxygen atoms in total. The molecule has 1 aromatic carbocycles. The number of hydrogen-bond acceptors (Lipinski definition) is 4. The van der Waals surface area contributed by atoms with Gasteiger partial charge in [-0.05, 0) is 36.5 Å². The fraction of sp³-hybridized carbons (Fsp3) is 0. The smallest absolute Gasteiger partial charge is 0.367 e. The van der Waals surface area contributed by atoms with Gasteiger partial charge in [0, 0.05) is 21.4 Å². The molecule has 16 heavy (non-hydrogen) atoms. The van der Waals surface area contributed by atoms with Crippen molar-refractivity contribution in [3.8, 4) is 11.5 Å². The fourth-order valence-electron chi connectivity index (χ4n) is 1.31. The summed E-state index contributed by atoms with van der Waals surface area (Å²) in [6.07, 6.45) is 0. The molecule has 3 rings (SSSR count). The highest BCUT2D eigenvalue weighted by molar-refractivity contribution is 9.10. The lowest BCUT2D eigenvalue weighted by Crippen LogP contribution is -2.23. The Balaban J connectivity index is 2.15. The Labute approximate surface area is 108 Å². The molecular weight excluding hydrogens is 310 g/mol. The van der Waals surface area contributed by atoms with E-state index in [0.29, 0.717) is 14.9 Å². The van der Waals surface area contributed by atoms with E-state index in [1.165, 1.54) is 11.3 Å². The van der Waals surface area contributed by atoms with E-state index in [-0.39, 0.29) is 0 Å². The second kappa shape index (κ2) is 3.76. The Bertz CT molecular complexity index is 663. The molecular formula is C9H5BrN3OS2+. The molecule has 0 fully saturated rings. The number of aromatic amines is 1. The van der Waals surface area contributed by atoms with Crippen molar-refractivity contribution < 1.29 is 9.05 Å². The van der Waals surface area contributed by atoms with Gasteiger partial charge in [0.25, 0.3) is 0 Å². The normalized spacial score (nSPS) is 11.1. The van der Waals surface area contributed by atoms with Gasteiger partial charge in [0.2, 0.25) is 3.95 Å². The van der Waals surface area contributed by atoms with Crippen molar-refractivity contribution in [3.63, 3.8) is 0 Å². The van der Waals surface area contributed by atoms with Crippen molar-refractivity contribution in [1.82, 2.24) is 10.2 Å². The number of aromatic nitrogens is 3. The Morgan fingerprint density at radius 2 is 2.12 bits per heavy atom. The van der Waals surface area contributed by atoms with Crippen molar-refractivity contribution in [2.45, 2.75) is 0 Å². The van der Waals surface area contributed by atoms with E-state index in [2.05, 4.69) is 26.1 Å². The Morgan fingerprint density at radius 1 is 1.38 bits per heavy atom. The number of rotatable bonds is 1. The van der Waals surface area contributed by atoms with E-state index >= 15 is 0 Å². The zero-order valence-electron chi connectivity index (χ0n) is 7.81. The number of hydrogen-bond donors (Lipinski definition) is 1. The van der Waals surface area contributed by atoms with E-state index in [1.54, 1.807) is 4.63 Å². The first kappa shape index (κ1) is 10.1. The molecule has 0 spiro atoms. The molecule has 2 aromatic heterocycles. The first-order valence-corrected chi connectivity index (χ1v) is 6.42. The van der Waals surface area contributed by atoms with E-state index in [4.69, 9.17) is 16.6 Å². The summed E-state index contributed by atoms with van der Waals surface area (Å²) in [5, 5.41) is 7.81. The number of halogens is 1. The summed E-state index contributed by atoms with van der Waals surface area (Å²) in [5.41, 5.74) is 0.929. The first-order chi connectivity index (χ1) is 7.72. The van der Waals surface area contributed by atoms with Crippen LogP contribution in [0.2, 0.25) is 0 Å². The monoisotopic (exact) mass is 314 g/mol. The van der Waals surface area contributed by atoms with E-state index in [9.17, 15) is 0 Å². The van der Waals surface area contributed by atoms with Crippen molar-refractivity contribution in [2.24, 2.45) is 0 Å². The molecule has 0 bridgehead atoms. The van der Waals surface area contributed by atoms with Gasteiger partial charge in [-0.3, -0.25) is 0 Å². The minimum Gasteiger partial charge on any atom is -0.367 e. The van der Waals surface area contributed by atoms with Crippen molar-refractivity contribution in [2.75, 3.05) is 0 Å². The largest absolute Gasteiger partial charge is 0.496 e. The second-order valence-electron chi connectivity index (χ2n) is 3.09. The molecule has 0 aliphatic carbocycles. The maximum atomic E-state index is 5.57. The molecule has 0 aliphatic heterocycles. The summed E-state index contributed by atoms with van der Waals surface area (Å²) >= 11 is 9.71. The highest BCUT2D eigenvalue weighted by Crippen LogP contribution is 2.21. The van der Waals surface area contributed by atoms with Gasteiger partial charge in [0.1, 0.15) is 0 Å². The van der Waals surface area contributed by atoms with Crippen LogP contribution in [0.1, 0.15) is 0 Å². The van der Waals surface area contributed by atoms with Crippen molar-refractivity contribution in [3.05, 3.63) is 32.7 Å². The molecule has 2 heterocycles. The minimum absolute atomic E-state index is 0.574. The first-order valence-electron chi connectivity index (χ1n) is 4.40. The quantitative estimate of drug-likeness (QED) is 0.555. The molecule has 0 saturated carbocycles. The lowest BCUT2D eigenvalue weighted by Gasteiger charge is -1.91. The average molecular weight is 315 g/mol. The molecule has 0 amide bonds. The third-order valence-electron chi connectivity index (χ3n) is 2.02. The van der Waals surface area contributed by atoms with Gasteiger partial charge in [-0.1, -0.05) is 15.9 Å². The molecule has 1 N–H and O–H groups in total. The maximum absolute atomic E-state index is 5.57. The van der Waals surface area contributed by atoms with Crippen LogP contribution in [0.5, 0.6) is 0 Å². The van der Waals surface area contributed by atoms with Gasteiger partial charge in [-0.15, -0.1) is 5.10 Å². The average Bonchev–Trinajstić information content (AvgIpc) is 2.75. The molecule has 3 aromatic rings. The molecule has 80 valence electrons. The van der Waals surface area contributed by atoms with Crippen LogP contribution in [0.25, 0.3) is 16.5 Å². The van der Waals surface area contributed by atoms with Gasteiger partial charge in [-0.2, -0.15) is 0 Å².